The van der Waals surface area contributed by atoms with Gasteiger partial charge in [-0.3, -0.25) is 4.79 Å². The van der Waals surface area contributed by atoms with E-state index in [4.69, 9.17) is 4.74 Å². The zero-order valence-corrected chi connectivity index (χ0v) is 9.60. The van der Waals surface area contributed by atoms with Gasteiger partial charge in [-0.25, -0.2) is 0 Å². The van der Waals surface area contributed by atoms with Crippen LogP contribution in [0, 0.1) is 6.92 Å². The number of rotatable bonds is 4. The molecule has 88 valence electrons. The highest BCUT2D eigenvalue weighted by Crippen LogP contribution is 2.33. The number of carbonyl (C=O) groups is 1. The molecule has 0 saturated carbocycles. The molecule has 0 radical (unpaired) electrons. The molecule has 4 heteroatoms. The quantitative estimate of drug-likeness (QED) is 0.768. The molecule has 0 aromatic heterocycles. The highest BCUT2D eigenvalue weighted by molar-refractivity contribution is 5.46. The van der Waals surface area contributed by atoms with Gasteiger partial charge in [0, 0.05) is 12.0 Å². The van der Waals surface area contributed by atoms with Crippen molar-refractivity contribution in [3.05, 3.63) is 23.3 Å². The summed E-state index contributed by atoms with van der Waals surface area (Å²) in [5, 5.41) is 19.0. The number of phenols is 2. The molecule has 2 atom stereocenters. The topological polar surface area (TPSA) is 66.8 Å². The van der Waals surface area contributed by atoms with E-state index in [0.717, 1.165) is 5.56 Å². The van der Waals surface area contributed by atoms with Gasteiger partial charge >= 0.3 is 0 Å². The summed E-state index contributed by atoms with van der Waals surface area (Å²) in [5.41, 5.74) is 1.46. The second kappa shape index (κ2) is 4.88. The zero-order chi connectivity index (χ0) is 12.3. The van der Waals surface area contributed by atoms with Crippen LogP contribution in [0.2, 0.25) is 0 Å². The fraction of sp³-hybridized carbons (Fsp3) is 0.417. The molecule has 0 aliphatic rings. The first-order chi connectivity index (χ1) is 7.47. The molecule has 0 bridgehead atoms. The standard InChI is InChI=1S/C12H16O4/c1-7(9(3)16-6-13)11-4-10(14)5-12(15)8(11)2/h4-7,9,14-15H,1-3H3/t7-,9-/m0/s1. The van der Waals surface area contributed by atoms with E-state index < -0.39 is 0 Å². The minimum Gasteiger partial charge on any atom is -0.508 e. The van der Waals surface area contributed by atoms with Crippen LogP contribution in [-0.2, 0) is 9.53 Å². The molecule has 0 unspecified atom stereocenters. The number of ether oxygens (including phenoxy) is 1. The van der Waals surface area contributed by atoms with E-state index in [0.29, 0.717) is 12.0 Å². The van der Waals surface area contributed by atoms with Crippen LogP contribution in [0.25, 0.3) is 0 Å². The molecule has 0 spiro atoms. The Kier molecular flexibility index (Phi) is 3.77. The third-order valence-corrected chi connectivity index (χ3v) is 2.87. The molecular formula is C12H16O4. The summed E-state index contributed by atoms with van der Waals surface area (Å²) in [6.45, 7) is 5.79. The average Bonchev–Trinajstić information content (AvgIpc) is 2.22. The molecule has 0 aliphatic heterocycles. The third-order valence-electron chi connectivity index (χ3n) is 2.87. The highest BCUT2D eigenvalue weighted by atomic mass is 16.5. The van der Waals surface area contributed by atoms with Crippen molar-refractivity contribution >= 4 is 6.47 Å². The van der Waals surface area contributed by atoms with Crippen LogP contribution < -0.4 is 0 Å². The number of aromatic hydroxyl groups is 2. The smallest absolute Gasteiger partial charge is 0.293 e. The zero-order valence-electron chi connectivity index (χ0n) is 9.60. The molecule has 1 aromatic rings. The Labute approximate surface area is 94.5 Å². The predicted octanol–water partition coefficient (Wildman–Crippen LogP) is 2.07. The van der Waals surface area contributed by atoms with Gasteiger partial charge in [-0.15, -0.1) is 0 Å². The largest absolute Gasteiger partial charge is 0.508 e. The second-order valence-corrected chi connectivity index (χ2v) is 3.91. The molecule has 0 saturated heterocycles. The molecule has 1 aromatic carbocycles. The van der Waals surface area contributed by atoms with Crippen molar-refractivity contribution in [1.82, 2.24) is 0 Å². The predicted molar refractivity (Wildman–Crippen MR) is 59.5 cm³/mol. The maximum Gasteiger partial charge on any atom is 0.293 e. The molecule has 4 nitrogen and oxygen atoms in total. The molecular weight excluding hydrogens is 208 g/mol. The summed E-state index contributed by atoms with van der Waals surface area (Å²) in [7, 11) is 0. The Bertz CT molecular complexity index is 387. The van der Waals surface area contributed by atoms with Gasteiger partial charge in [0.1, 0.15) is 17.6 Å². The Hall–Kier alpha value is -1.71. The number of phenolic OH excluding ortho intramolecular Hbond substituents is 2. The van der Waals surface area contributed by atoms with E-state index in [1.165, 1.54) is 6.07 Å². The highest BCUT2D eigenvalue weighted by Gasteiger charge is 2.19. The van der Waals surface area contributed by atoms with Gasteiger partial charge in [-0.05, 0) is 31.0 Å². The van der Waals surface area contributed by atoms with E-state index in [1.54, 1.807) is 19.9 Å². The van der Waals surface area contributed by atoms with Crippen LogP contribution in [0.15, 0.2) is 12.1 Å². The van der Waals surface area contributed by atoms with Gasteiger partial charge in [0.25, 0.3) is 6.47 Å². The average molecular weight is 224 g/mol. The molecule has 0 amide bonds. The lowest BCUT2D eigenvalue weighted by molar-refractivity contribution is -0.133. The Morgan fingerprint density at radius 3 is 2.50 bits per heavy atom. The maximum atomic E-state index is 10.2. The fourth-order valence-corrected chi connectivity index (χ4v) is 1.64. The molecule has 0 fully saturated rings. The lowest BCUT2D eigenvalue weighted by Crippen LogP contribution is -2.16. The van der Waals surface area contributed by atoms with Gasteiger partial charge in [0.05, 0.1) is 0 Å². The van der Waals surface area contributed by atoms with Gasteiger partial charge in [-0.2, -0.15) is 0 Å². The summed E-state index contributed by atoms with van der Waals surface area (Å²) in [5.74, 6) is -0.0494. The third kappa shape index (κ3) is 2.45. The van der Waals surface area contributed by atoms with E-state index in [1.807, 2.05) is 6.92 Å². The number of benzene rings is 1. The summed E-state index contributed by atoms with van der Waals surface area (Å²) >= 11 is 0. The maximum absolute atomic E-state index is 10.2. The molecule has 2 N–H and O–H groups in total. The first kappa shape index (κ1) is 12.4. The fourth-order valence-electron chi connectivity index (χ4n) is 1.64. The number of carbonyl (C=O) groups excluding carboxylic acids is 1. The summed E-state index contributed by atoms with van der Waals surface area (Å²) in [4.78, 5) is 10.2. The Morgan fingerprint density at radius 2 is 1.94 bits per heavy atom. The van der Waals surface area contributed by atoms with Gasteiger partial charge in [0.2, 0.25) is 0 Å². The number of hydrogen-bond acceptors (Lipinski definition) is 4. The van der Waals surface area contributed by atoms with E-state index >= 15 is 0 Å². The SMILES string of the molecule is Cc1c(O)cc(O)cc1[C@@H](C)[C@H](C)OC=O. The molecule has 16 heavy (non-hydrogen) atoms. The van der Waals surface area contributed by atoms with Crippen molar-refractivity contribution in [2.24, 2.45) is 0 Å². The van der Waals surface area contributed by atoms with Crippen molar-refractivity contribution in [1.29, 1.82) is 0 Å². The lowest BCUT2D eigenvalue weighted by Gasteiger charge is -2.21. The second-order valence-electron chi connectivity index (χ2n) is 3.91. The van der Waals surface area contributed by atoms with E-state index in [9.17, 15) is 15.0 Å². The normalized spacial score (nSPS) is 14.2. The van der Waals surface area contributed by atoms with Gasteiger partial charge in [0.15, 0.2) is 0 Å². The van der Waals surface area contributed by atoms with Crippen molar-refractivity contribution in [2.75, 3.05) is 0 Å². The molecule has 1 rings (SSSR count). The van der Waals surface area contributed by atoms with Crippen LogP contribution in [0.4, 0.5) is 0 Å². The monoisotopic (exact) mass is 224 g/mol. The van der Waals surface area contributed by atoms with Crippen molar-refractivity contribution in [2.45, 2.75) is 32.8 Å². The van der Waals surface area contributed by atoms with E-state index in [2.05, 4.69) is 0 Å². The minimum absolute atomic E-state index is 0.00301. The van der Waals surface area contributed by atoms with Crippen LogP contribution in [0.1, 0.15) is 30.9 Å². The molecule has 0 aliphatic carbocycles. The van der Waals surface area contributed by atoms with E-state index in [-0.39, 0.29) is 23.5 Å². The first-order valence-electron chi connectivity index (χ1n) is 5.09. The first-order valence-corrected chi connectivity index (χ1v) is 5.09. The van der Waals surface area contributed by atoms with Gasteiger partial charge < -0.3 is 14.9 Å². The summed E-state index contributed by atoms with van der Waals surface area (Å²) in [6, 6.07) is 2.86. The van der Waals surface area contributed by atoms with Crippen molar-refractivity contribution in [3.8, 4) is 11.5 Å². The Balaban J connectivity index is 3.07. The van der Waals surface area contributed by atoms with Crippen LogP contribution in [0.3, 0.4) is 0 Å². The van der Waals surface area contributed by atoms with Crippen molar-refractivity contribution in [3.63, 3.8) is 0 Å². The Morgan fingerprint density at radius 1 is 1.31 bits per heavy atom. The molecule has 0 heterocycles. The summed E-state index contributed by atoms with van der Waals surface area (Å²) < 4.78 is 4.85. The number of hydrogen-bond donors (Lipinski definition) is 2. The van der Waals surface area contributed by atoms with Crippen LogP contribution in [0.5, 0.6) is 11.5 Å². The van der Waals surface area contributed by atoms with Gasteiger partial charge in [-0.1, -0.05) is 6.92 Å². The lowest BCUT2D eigenvalue weighted by atomic mass is 9.91. The van der Waals surface area contributed by atoms with Crippen LogP contribution >= 0.6 is 0 Å². The van der Waals surface area contributed by atoms with Crippen molar-refractivity contribution < 1.29 is 19.7 Å². The minimum atomic E-state index is -0.308. The summed E-state index contributed by atoms with van der Waals surface area (Å²) in [6.07, 6.45) is -0.308. The van der Waals surface area contributed by atoms with Crippen LogP contribution in [-0.4, -0.2) is 22.8 Å².